The minimum atomic E-state index is 0.0573. The number of nitrogens with one attached hydrogen (secondary N) is 3. The summed E-state index contributed by atoms with van der Waals surface area (Å²) in [5.41, 5.74) is 0. The molecule has 0 saturated carbocycles. The number of aromatic nitrogens is 3. The number of hydrogen-bond donors (Lipinski definition) is 3. The molecule has 22 heavy (non-hydrogen) atoms. The molecule has 1 aromatic heterocycles. The maximum absolute atomic E-state index is 11.5. The summed E-state index contributed by atoms with van der Waals surface area (Å²) in [4.78, 5) is 15.6. The molecule has 0 aromatic carbocycles. The van der Waals surface area contributed by atoms with Gasteiger partial charge in [-0.2, -0.15) is 0 Å². The fraction of sp³-hybridized carbons (Fsp3) is 0.714. The van der Waals surface area contributed by atoms with E-state index in [1.807, 2.05) is 11.5 Å². The number of hydrogen-bond acceptors (Lipinski definition) is 4. The van der Waals surface area contributed by atoms with Crippen LogP contribution in [-0.4, -0.2) is 53.3 Å². The van der Waals surface area contributed by atoms with Gasteiger partial charge in [0.05, 0.1) is 0 Å². The predicted octanol–water partition coefficient (Wildman–Crippen LogP) is -0.0782. The number of aliphatic imine (C=N–C) groups is 1. The van der Waals surface area contributed by atoms with Gasteiger partial charge in [0.15, 0.2) is 5.96 Å². The molecule has 8 nitrogen and oxygen atoms in total. The van der Waals surface area contributed by atoms with Crippen molar-refractivity contribution >= 4 is 11.9 Å². The van der Waals surface area contributed by atoms with Crippen molar-refractivity contribution in [2.45, 2.75) is 39.7 Å². The van der Waals surface area contributed by atoms with Crippen molar-refractivity contribution in [2.24, 2.45) is 4.99 Å². The van der Waals surface area contributed by atoms with Gasteiger partial charge in [0.25, 0.3) is 0 Å². The highest BCUT2D eigenvalue weighted by Crippen LogP contribution is 1.94. The normalized spacial score (nSPS) is 11.3. The molecule has 0 saturated heterocycles. The third-order valence-corrected chi connectivity index (χ3v) is 3.10. The summed E-state index contributed by atoms with van der Waals surface area (Å²) in [6.07, 6.45) is 3.98. The van der Waals surface area contributed by atoms with Crippen molar-refractivity contribution in [2.75, 3.05) is 26.7 Å². The van der Waals surface area contributed by atoms with Crippen LogP contribution in [0, 0.1) is 0 Å². The van der Waals surface area contributed by atoms with Gasteiger partial charge in [-0.1, -0.05) is 13.8 Å². The number of carbonyl (C=O) groups is 1. The van der Waals surface area contributed by atoms with Gasteiger partial charge in [-0.15, -0.1) is 10.2 Å². The van der Waals surface area contributed by atoms with E-state index in [0.29, 0.717) is 25.5 Å². The minimum Gasteiger partial charge on any atom is -0.356 e. The highest BCUT2D eigenvalue weighted by Gasteiger charge is 2.03. The largest absolute Gasteiger partial charge is 0.356 e. The van der Waals surface area contributed by atoms with Gasteiger partial charge in [0, 0.05) is 46.1 Å². The summed E-state index contributed by atoms with van der Waals surface area (Å²) < 4.78 is 2.01. The number of rotatable bonds is 9. The molecule has 0 aliphatic rings. The Morgan fingerprint density at radius 2 is 2.00 bits per heavy atom. The smallest absolute Gasteiger partial charge is 0.221 e. The summed E-state index contributed by atoms with van der Waals surface area (Å²) in [6, 6.07) is 0. The summed E-state index contributed by atoms with van der Waals surface area (Å²) in [6.45, 7) is 6.86. The van der Waals surface area contributed by atoms with E-state index in [9.17, 15) is 4.79 Å². The Balaban J connectivity index is 2.21. The van der Waals surface area contributed by atoms with Crippen molar-refractivity contribution in [3.63, 3.8) is 0 Å². The van der Waals surface area contributed by atoms with E-state index < -0.39 is 0 Å². The topological polar surface area (TPSA) is 96.2 Å². The van der Waals surface area contributed by atoms with Gasteiger partial charge in [-0.3, -0.25) is 9.79 Å². The van der Waals surface area contributed by atoms with Crippen LogP contribution in [0.4, 0.5) is 0 Å². The Labute approximate surface area is 131 Å². The van der Waals surface area contributed by atoms with Gasteiger partial charge < -0.3 is 20.5 Å². The molecule has 0 radical (unpaired) electrons. The molecule has 0 spiro atoms. The molecule has 1 heterocycles. The van der Waals surface area contributed by atoms with Crippen LogP contribution in [0.5, 0.6) is 0 Å². The van der Waals surface area contributed by atoms with Crippen LogP contribution < -0.4 is 16.0 Å². The van der Waals surface area contributed by atoms with Crippen molar-refractivity contribution in [1.29, 1.82) is 0 Å². The fourth-order valence-corrected chi connectivity index (χ4v) is 1.90. The SMILES string of the molecule is CCCNC(=O)CCNC(=NC)NCCn1cnnc1CC. The second-order valence-corrected chi connectivity index (χ2v) is 4.82. The first-order chi connectivity index (χ1) is 10.7. The molecule has 0 fully saturated rings. The first-order valence-electron chi connectivity index (χ1n) is 7.79. The predicted molar refractivity (Wildman–Crippen MR) is 86.7 cm³/mol. The first kappa shape index (κ1) is 17.9. The molecule has 1 aromatic rings. The lowest BCUT2D eigenvalue weighted by Crippen LogP contribution is -2.40. The average Bonchev–Trinajstić information content (AvgIpc) is 2.98. The molecule has 0 aliphatic carbocycles. The maximum atomic E-state index is 11.5. The summed E-state index contributed by atoms with van der Waals surface area (Å²) in [5.74, 6) is 1.72. The Kier molecular flexibility index (Phi) is 8.63. The average molecular weight is 309 g/mol. The molecule has 0 aliphatic heterocycles. The lowest BCUT2D eigenvalue weighted by atomic mass is 10.4. The van der Waals surface area contributed by atoms with Gasteiger partial charge >= 0.3 is 0 Å². The molecule has 0 atom stereocenters. The Morgan fingerprint density at radius 3 is 2.68 bits per heavy atom. The number of aryl methyl sites for hydroxylation is 1. The second kappa shape index (κ2) is 10.6. The van der Waals surface area contributed by atoms with E-state index in [2.05, 4.69) is 38.1 Å². The zero-order chi connectivity index (χ0) is 16.2. The van der Waals surface area contributed by atoms with E-state index in [1.54, 1.807) is 13.4 Å². The van der Waals surface area contributed by atoms with Crippen LogP contribution in [0.3, 0.4) is 0 Å². The zero-order valence-electron chi connectivity index (χ0n) is 13.7. The molecule has 1 rings (SSSR count). The Bertz CT molecular complexity index is 470. The van der Waals surface area contributed by atoms with Gasteiger partial charge in [0.2, 0.25) is 5.91 Å². The zero-order valence-corrected chi connectivity index (χ0v) is 13.7. The quantitative estimate of drug-likeness (QED) is 0.438. The molecular formula is C14H27N7O. The molecule has 8 heteroatoms. The lowest BCUT2D eigenvalue weighted by molar-refractivity contribution is -0.120. The highest BCUT2D eigenvalue weighted by molar-refractivity contribution is 5.81. The fourth-order valence-electron chi connectivity index (χ4n) is 1.90. The van der Waals surface area contributed by atoms with Gasteiger partial charge in [0.1, 0.15) is 12.2 Å². The summed E-state index contributed by atoms with van der Waals surface area (Å²) >= 11 is 0. The van der Waals surface area contributed by atoms with Crippen LogP contribution in [0.25, 0.3) is 0 Å². The molecule has 3 N–H and O–H groups in total. The van der Waals surface area contributed by atoms with Crippen LogP contribution >= 0.6 is 0 Å². The molecule has 0 bridgehead atoms. The first-order valence-corrected chi connectivity index (χ1v) is 7.79. The van der Waals surface area contributed by atoms with Crippen LogP contribution in [0.1, 0.15) is 32.5 Å². The monoisotopic (exact) mass is 309 g/mol. The van der Waals surface area contributed by atoms with E-state index in [1.165, 1.54) is 0 Å². The Morgan fingerprint density at radius 1 is 1.23 bits per heavy atom. The van der Waals surface area contributed by atoms with Crippen molar-refractivity contribution < 1.29 is 4.79 Å². The number of amides is 1. The number of nitrogens with zero attached hydrogens (tertiary/aromatic N) is 4. The molecular weight excluding hydrogens is 282 g/mol. The van der Waals surface area contributed by atoms with Crippen LogP contribution in [0.2, 0.25) is 0 Å². The van der Waals surface area contributed by atoms with Crippen molar-refractivity contribution in [3.8, 4) is 0 Å². The Hall–Kier alpha value is -2.12. The van der Waals surface area contributed by atoms with E-state index in [-0.39, 0.29) is 5.91 Å². The second-order valence-electron chi connectivity index (χ2n) is 4.82. The molecule has 1 amide bonds. The highest BCUT2D eigenvalue weighted by atomic mass is 16.1. The third kappa shape index (κ3) is 6.55. The van der Waals surface area contributed by atoms with E-state index in [4.69, 9.17) is 0 Å². The van der Waals surface area contributed by atoms with Gasteiger partial charge in [-0.05, 0) is 6.42 Å². The minimum absolute atomic E-state index is 0.0573. The van der Waals surface area contributed by atoms with Crippen LogP contribution in [0.15, 0.2) is 11.3 Å². The number of carbonyl (C=O) groups excluding carboxylic acids is 1. The molecule has 0 unspecified atom stereocenters. The lowest BCUT2D eigenvalue weighted by Gasteiger charge is -2.12. The van der Waals surface area contributed by atoms with E-state index >= 15 is 0 Å². The van der Waals surface area contributed by atoms with Crippen molar-refractivity contribution in [1.82, 2.24) is 30.7 Å². The van der Waals surface area contributed by atoms with Crippen molar-refractivity contribution in [3.05, 3.63) is 12.2 Å². The van der Waals surface area contributed by atoms with Gasteiger partial charge in [-0.25, -0.2) is 0 Å². The summed E-state index contributed by atoms with van der Waals surface area (Å²) in [7, 11) is 1.71. The number of guanidine groups is 1. The molecule has 124 valence electrons. The maximum Gasteiger partial charge on any atom is 0.221 e. The standard InChI is InChI=1S/C14H27N7O/c1-4-7-16-13(22)6-8-17-14(15-3)18-9-10-21-11-19-20-12(21)5-2/h11H,4-10H2,1-3H3,(H,16,22)(H2,15,17,18). The third-order valence-electron chi connectivity index (χ3n) is 3.10. The summed E-state index contributed by atoms with van der Waals surface area (Å²) in [5, 5.41) is 17.1. The van der Waals surface area contributed by atoms with Crippen LogP contribution in [-0.2, 0) is 17.8 Å². The van der Waals surface area contributed by atoms with E-state index in [0.717, 1.165) is 31.8 Å².